The topological polar surface area (TPSA) is 64.4 Å². The van der Waals surface area contributed by atoms with Crippen molar-refractivity contribution in [1.29, 1.82) is 0 Å². The van der Waals surface area contributed by atoms with E-state index in [0.717, 1.165) is 29.8 Å². The number of hydrogen-bond acceptors (Lipinski definition) is 4. The van der Waals surface area contributed by atoms with Gasteiger partial charge >= 0.3 is 0 Å². The quantitative estimate of drug-likeness (QED) is 0.268. The fourth-order valence-corrected chi connectivity index (χ4v) is 7.36. The van der Waals surface area contributed by atoms with Crippen molar-refractivity contribution < 1.29 is 13.2 Å². The minimum absolute atomic E-state index is 0.305. The normalized spacial score (nSPS) is 16.5. The Kier molecular flexibility index (Phi) is 7.45. The highest BCUT2D eigenvalue weighted by molar-refractivity contribution is 9.10. The van der Waals surface area contributed by atoms with Gasteiger partial charge in [0.1, 0.15) is 6.73 Å². The molecule has 0 spiro atoms. The molecule has 0 N–H and O–H groups in total. The standard InChI is InChI=1S/C24H32BrN3O3SSi/c1-33(2,3)14-13-31-18-28-24-21(17-26-28)15-22(16-23(24)25)32(29,30)27-11-9-20(10-12-27)19-7-5-4-6-8-19/h4-8,15-17,20H,9-14,18H2,1-3H3. The first kappa shape index (κ1) is 24.6. The van der Waals surface area contributed by atoms with E-state index in [2.05, 4.69) is 52.8 Å². The Morgan fingerprint density at radius 2 is 1.82 bits per heavy atom. The first-order valence-corrected chi connectivity index (χ1v) is 17.4. The Hall–Kier alpha value is -1.52. The minimum Gasteiger partial charge on any atom is -0.360 e. The van der Waals surface area contributed by atoms with Crippen LogP contribution in [0.25, 0.3) is 10.9 Å². The van der Waals surface area contributed by atoms with Crippen molar-refractivity contribution in [3.63, 3.8) is 0 Å². The van der Waals surface area contributed by atoms with Gasteiger partial charge in [0.15, 0.2) is 0 Å². The van der Waals surface area contributed by atoms with Gasteiger partial charge < -0.3 is 4.74 Å². The molecule has 6 nitrogen and oxygen atoms in total. The lowest BCUT2D eigenvalue weighted by Gasteiger charge is -2.31. The Morgan fingerprint density at radius 1 is 1.12 bits per heavy atom. The third-order valence-corrected chi connectivity index (χ3v) is 10.4. The second kappa shape index (κ2) is 9.99. The molecule has 33 heavy (non-hydrogen) atoms. The summed E-state index contributed by atoms with van der Waals surface area (Å²) in [6, 6.07) is 14.9. The van der Waals surface area contributed by atoms with Crippen LogP contribution in [0.4, 0.5) is 0 Å². The van der Waals surface area contributed by atoms with Crippen molar-refractivity contribution in [3.8, 4) is 0 Å². The van der Waals surface area contributed by atoms with Crippen LogP contribution in [0.5, 0.6) is 0 Å². The zero-order chi connectivity index (χ0) is 23.6. The SMILES string of the molecule is C[Si](C)(C)CCOCn1ncc2cc(S(=O)(=O)N3CCC(c4ccccc4)CC3)cc(Br)c21. The predicted molar refractivity (Wildman–Crippen MR) is 139 cm³/mol. The van der Waals surface area contributed by atoms with Gasteiger partial charge in [-0.2, -0.15) is 9.40 Å². The first-order chi connectivity index (χ1) is 15.6. The fourth-order valence-electron chi connectivity index (χ4n) is 4.23. The van der Waals surface area contributed by atoms with Crippen LogP contribution in [0.15, 0.2) is 58.0 Å². The van der Waals surface area contributed by atoms with E-state index in [1.165, 1.54) is 5.56 Å². The lowest BCUT2D eigenvalue weighted by atomic mass is 9.90. The van der Waals surface area contributed by atoms with E-state index in [-0.39, 0.29) is 0 Å². The summed E-state index contributed by atoms with van der Waals surface area (Å²) in [6.07, 6.45) is 3.38. The van der Waals surface area contributed by atoms with Crippen LogP contribution >= 0.6 is 15.9 Å². The Bertz CT molecular complexity index is 1200. The summed E-state index contributed by atoms with van der Waals surface area (Å²) in [6.45, 7) is 9.09. The number of benzene rings is 2. The average molecular weight is 551 g/mol. The molecule has 0 radical (unpaired) electrons. The summed E-state index contributed by atoms with van der Waals surface area (Å²) >= 11 is 3.58. The first-order valence-electron chi connectivity index (χ1n) is 11.4. The summed E-state index contributed by atoms with van der Waals surface area (Å²) in [5.74, 6) is 0.408. The van der Waals surface area contributed by atoms with Crippen LogP contribution in [-0.2, 0) is 21.5 Å². The molecule has 178 valence electrons. The van der Waals surface area contributed by atoms with Gasteiger partial charge in [0.2, 0.25) is 10.0 Å². The number of ether oxygens (including phenoxy) is 1. The van der Waals surface area contributed by atoms with Crippen LogP contribution < -0.4 is 0 Å². The Morgan fingerprint density at radius 3 is 2.48 bits per heavy atom. The van der Waals surface area contributed by atoms with Crippen molar-refractivity contribution in [2.45, 2.75) is 56.1 Å². The molecule has 4 rings (SSSR count). The molecular weight excluding hydrogens is 518 g/mol. The van der Waals surface area contributed by atoms with Crippen molar-refractivity contribution in [3.05, 3.63) is 58.7 Å². The summed E-state index contributed by atoms with van der Waals surface area (Å²) in [5.41, 5.74) is 2.14. The van der Waals surface area contributed by atoms with Crippen LogP contribution in [0, 0.1) is 0 Å². The molecule has 0 aliphatic carbocycles. The van der Waals surface area contributed by atoms with Gasteiger partial charge in [-0.3, -0.25) is 0 Å². The van der Waals surface area contributed by atoms with E-state index in [9.17, 15) is 8.42 Å². The van der Waals surface area contributed by atoms with Gasteiger partial charge in [0.25, 0.3) is 0 Å². The fraction of sp³-hybridized carbons (Fsp3) is 0.458. The maximum Gasteiger partial charge on any atom is 0.243 e. The monoisotopic (exact) mass is 549 g/mol. The summed E-state index contributed by atoms with van der Waals surface area (Å²) in [7, 11) is -4.72. The molecule has 1 saturated heterocycles. The number of sulfonamides is 1. The average Bonchev–Trinajstić information content (AvgIpc) is 3.20. The van der Waals surface area contributed by atoms with Gasteiger partial charge in [-0.1, -0.05) is 50.0 Å². The third kappa shape index (κ3) is 5.76. The Labute approximate surface area is 206 Å². The number of nitrogens with zero attached hydrogens (tertiary/aromatic N) is 3. The smallest absolute Gasteiger partial charge is 0.243 e. The number of aromatic nitrogens is 2. The molecule has 2 heterocycles. The second-order valence-corrected chi connectivity index (χ2v) is 18.3. The van der Waals surface area contributed by atoms with Crippen LogP contribution in [0.2, 0.25) is 25.7 Å². The molecule has 0 amide bonds. The van der Waals surface area contributed by atoms with Gasteiger partial charge in [-0.05, 0) is 58.4 Å². The summed E-state index contributed by atoms with van der Waals surface area (Å²) < 4.78 is 36.7. The van der Waals surface area contributed by atoms with E-state index in [1.807, 2.05) is 18.2 Å². The van der Waals surface area contributed by atoms with Crippen LogP contribution in [-0.4, -0.2) is 50.3 Å². The highest BCUT2D eigenvalue weighted by Crippen LogP contribution is 2.33. The van der Waals surface area contributed by atoms with E-state index in [4.69, 9.17) is 4.74 Å². The van der Waals surface area contributed by atoms with Gasteiger partial charge in [-0.25, -0.2) is 13.1 Å². The molecule has 1 aliphatic heterocycles. The third-order valence-electron chi connectivity index (χ3n) is 6.23. The van der Waals surface area contributed by atoms with E-state index in [1.54, 1.807) is 27.3 Å². The minimum atomic E-state index is -3.57. The zero-order valence-corrected chi connectivity index (χ0v) is 22.9. The highest BCUT2D eigenvalue weighted by Gasteiger charge is 2.30. The zero-order valence-electron chi connectivity index (χ0n) is 19.5. The largest absolute Gasteiger partial charge is 0.360 e. The Balaban J connectivity index is 1.47. The molecule has 9 heteroatoms. The molecule has 1 fully saturated rings. The second-order valence-electron chi connectivity index (χ2n) is 9.92. The van der Waals surface area contributed by atoms with E-state index < -0.39 is 18.1 Å². The predicted octanol–water partition coefficient (Wildman–Crippen LogP) is 5.68. The maximum atomic E-state index is 13.4. The lowest BCUT2D eigenvalue weighted by molar-refractivity contribution is 0.0816. The van der Waals surface area contributed by atoms with Crippen molar-refractivity contribution in [1.82, 2.24) is 14.1 Å². The molecule has 0 bridgehead atoms. The van der Waals surface area contributed by atoms with Crippen LogP contribution in [0.3, 0.4) is 0 Å². The summed E-state index contributed by atoms with van der Waals surface area (Å²) in [4.78, 5) is 0.305. The molecule has 0 saturated carbocycles. The molecule has 0 atom stereocenters. The maximum absolute atomic E-state index is 13.4. The van der Waals surface area contributed by atoms with Crippen molar-refractivity contribution >= 4 is 44.9 Å². The number of piperidine rings is 1. The number of hydrogen-bond donors (Lipinski definition) is 0. The van der Waals surface area contributed by atoms with Crippen molar-refractivity contribution in [2.75, 3.05) is 19.7 Å². The molecule has 1 aliphatic rings. The van der Waals surface area contributed by atoms with E-state index in [0.29, 0.717) is 41.7 Å². The van der Waals surface area contributed by atoms with Gasteiger partial charge in [-0.15, -0.1) is 0 Å². The molecule has 0 unspecified atom stereocenters. The van der Waals surface area contributed by atoms with Gasteiger partial charge in [0, 0.05) is 37.6 Å². The molecule has 2 aromatic carbocycles. The van der Waals surface area contributed by atoms with Gasteiger partial charge in [0.05, 0.1) is 16.6 Å². The van der Waals surface area contributed by atoms with E-state index >= 15 is 0 Å². The van der Waals surface area contributed by atoms with Crippen molar-refractivity contribution in [2.24, 2.45) is 0 Å². The highest BCUT2D eigenvalue weighted by atomic mass is 79.9. The lowest BCUT2D eigenvalue weighted by Crippen LogP contribution is -2.37. The summed E-state index contributed by atoms with van der Waals surface area (Å²) in [5, 5.41) is 5.22. The molecule has 3 aromatic rings. The molecule has 1 aromatic heterocycles. The van der Waals surface area contributed by atoms with Crippen LogP contribution in [0.1, 0.15) is 24.3 Å². The molecular formula is C24H32BrN3O3SSi. The number of rotatable bonds is 8. The number of fused-ring (bicyclic) bond motifs is 1. The number of halogens is 1.